The van der Waals surface area contributed by atoms with E-state index in [1.165, 1.54) is 49.7 Å². The van der Waals surface area contributed by atoms with Crippen LogP contribution in [0, 0.1) is 11.5 Å². The maximum atomic E-state index is 8.62. The number of rotatable bonds is 4. The van der Waals surface area contributed by atoms with Gasteiger partial charge in [0.15, 0.2) is 11.4 Å². The van der Waals surface area contributed by atoms with Crippen molar-refractivity contribution in [3.8, 4) is 6.19 Å². The number of nitrogens with one attached hydrogen (secondary N) is 1. The van der Waals surface area contributed by atoms with E-state index in [1.54, 1.807) is 0 Å². The lowest BCUT2D eigenvalue weighted by Crippen LogP contribution is -2.31. The molecule has 1 heterocycles. The van der Waals surface area contributed by atoms with Crippen LogP contribution in [-0.4, -0.2) is 36.0 Å². The first-order valence-corrected chi connectivity index (χ1v) is 8.63. The van der Waals surface area contributed by atoms with Crippen LogP contribution < -0.4 is 5.32 Å². The highest BCUT2D eigenvalue weighted by Crippen LogP contribution is 2.16. The number of hydrogen-bond acceptors (Lipinski definition) is 4. The number of likely N-dealkylation sites (tertiary alicyclic amines) is 1. The van der Waals surface area contributed by atoms with Crippen LogP contribution in [0.15, 0.2) is 29.3 Å². The van der Waals surface area contributed by atoms with Crippen molar-refractivity contribution in [1.82, 2.24) is 10.2 Å². The van der Waals surface area contributed by atoms with E-state index in [4.69, 9.17) is 5.26 Å². The van der Waals surface area contributed by atoms with Crippen molar-refractivity contribution in [2.45, 2.75) is 25.7 Å². The monoisotopic (exact) mass is 302 g/mol. The molecular weight excluding hydrogens is 280 g/mol. The van der Waals surface area contributed by atoms with Gasteiger partial charge in [-0.25, -0.2) is 4.99 Å². The Hall–Kier alpha value is -1.51. The minimum absolute atomic E-state index is 0.624. The molecule has 1 fully saturated rings. The molecule has 0 amide bonds. The summed E-state index contributed by atoms with van der Waals surface area (Å²) in [7, 11) is 0. The molecule has 0 aliphatic carbocycles. The zero-order valence-corrected chi connectivity index (χ0v) is 13.3. The summed E-state index contributed by atoms with van der Waals surface area (Å²) in [6.07, 6.45) is 8.97. The number of hydrogen-bond donors (Lipinski definition) is 1. The highest BCUT2D eigenvalue weighted by Gasteiger charge is 2.09. The maximum absolute atomic E-state index is 8.62. The summed E-state index contributed by atoms with van der Waals surface area (Å²) in [6.45, 7) is 3.65. The Morgan fingerprint density at radius 1 is 1.29 bits per heavy atom. The van der Waals surface area contributed by atoms with E-state index in [0.29, 0.717) is 5.17 Å². The van der Waals surface area contributed by atoms with Gasteiger partial charge in [0.25, 0.3) is 0 Å². The van der Waals surface area contributed by atoms with E-state index < -0.39 is 0 Å². The minimum Gasteiger partial charge on any atom is -0.303 e. The van der Waals surface area contributed by atoms with Crippen LogP contribution in [0.25, 0.3) is 0 Å². The molecule has 1 aliphatic rings. The molecular formula is C16H22N4S. The number of nitriles is 1. The summed E-state index contributed by atoms with van der Waals surface area (Å²) in [6, 6.07) is 8.29. The summed E-state index contributed by atoms with van der Waals surface area (Å²) < 4.78 is 0. The van der Waals surface area contributed by atoms with Crippen molar-refractivity contribution < 1.29 is 0 Å². The van der Waals surface area contributed by atoms with Gasteiger partial charge in [0.2, 0.25) is 0 Å². The third-order valence-corrected chi connectivity index (χ3v) is 4.27. The quantitative estimate of drug-likeness (QED) is 0.402. The molecule has 2 rings (SSSR count). The van der Waals surface area contributed by atoms with Gasteiger partial charge in [-0.3, -0.25) is 5.32 Å². The molecule has 0 spiro atoms. The van der Waals surface area contributed by atoms with E-state index >= 15 is 0 Å². The Bertz CT molecular complexity index is 498. The molecule has 0 atom stereocenters. The largest absolute Gasteiger partial charge is 0.303 e. The van der Waals surface area contributed by atoms with E-state index in [9.17, 15) is 0 Å². The third kappa shape index (κ3) is 5.41. The van der Waals surface area contributed by atoms with Crippen LogP contribution >= 0.6 is 11.8 Å². The minimum atomic E-state index is 0.624. The van der Waals surface area contributed by atoms with Gasteiger partial charge in [-0.15, -0.1) is 0 Å². The van der Waals surface area contributed by atoms with E-state index in [-0.39, 0.29) is 0 Å². The summed E-state index contributed by atoms with van der Waals surface area (Å²) in [4.78, 5) is 6.95. The summed E-state index contributed by atoms with van der Waals surface area (Å²) in [5.41, 5.74) is 2.22. The Balaban J connectivity index is 1.88. The lowest BCUT2D eigenvalue weighted by Gasteiger charge is -2.26. The zero-order valence-electron chi connectivity index (χ0n) is 12.5. The van der Waals surface area contributed by atoms with Gasteiger partial charge < -0.3 is 4.90 Å². The molecule has 1 N–H and O–H groups in total. The van der Waals surface area contributed by atoms with Crippen LogP contribution in [0.4, 0.5) is 5.69 Å². The predicted molar refractivity (Wildman–Crippen MR) is 89.8 cm³/mol. The van der Waals surface area contributed by atoms with Crippen molar-refractivity contribution in [1.29, 1.82) is 5.26 Å². The Morgan fingerprint density at radius 3 is 2.62 bits per heavy atom. The molecule has 21 heavy (non-hydrogen) atoms. The lowest BCUT2D eigenvalue weighted by atomic mass is 10.1. The second-order valence-corrected chi connectivity index (χ2v) is 5.97. The van der Waals surface area contributed by atoms with E-state index in [2.05, 4.69) is 27.3 Å². The van der Waals surface area contributed by atoms with Gasteiger partial charge in [0, 0.05) is 6.54 Å². The average Bonchev–Trinajstić information content (AvgIpc) is 2.54. The fraction of sp³-hybridized carbons (Fsp3) is 0.500. The van der Waals surface area contributed by atoms with Gasteiger partial charge in [0.05, 0.1) is 5.69 Å². The van der Waals surface area contributed by atoms with E-state index in [0.717, 1.165) is 18.7 Å². The molecule has 0 radical (unpaired) electrons. The molecule has 1 aromatic rings. The van der Waals surface area contributed by atoms with Crippen molar-refractivity contribution >= 4 is 22.6 Å². The van der Waals surface area contributed by atoms with Gasteiger partial charge >= 0.3 is 0 Å². The van der Waals surface area contributed by atoms with Crippen LogP contribution in [0.2, 0.25) is 0 Å². The number of nitrogens with zero attached hydrogens (tertiary/aromatic N) is 3. The van der Waals surface area contributed by atoms with Crippen molar-refractivity contribution in [2.24, 2.45) is 4.99 Å². The molecule has 0 unspecified atom stereocenters. The molecule has 1 aromatic carbocycles. The first-order valence-electron chi connectivity index (χ1n) is 7.41. The second-order valence-electron chi connectivity index (χ2n) is 5.18. The molecule has 0 bridgehead atoms. The van der Waals surface area contributed by atoms with Crippen LogP contribution in [0.3, 0.4) is 0 Å². The molecule has 1 aliphatic heterocycles. The molecule has 0 aromatic heterocycles. The highest BCUT2D eigenvalue weighted by molar-refractivity contribution is 8.13. The number of thioether (sulfide) groups is 1. The topological polar surface area (TPSA) is 51.4 Å². The smallest absolute Gasteiger partial charge is 0.183 e. The first kappa shape index (κ1) is 15.9. The summed E-state index contributed by atoms with van der Waals surface area (Å²) >= 11 is 1.43. The van der Waals surface area contributed by atoms with Crippen LogP contribution in [0.1, 0.15) is 24.8 Å². The summed E-state index contributed by atoms with van der Waals surface area (Å²) in [5, 5.41) is 11.8. The Kier molecular flexibility index (Phi) is 6.58. The van der Waals surface area contributed by atoms with Crippen molar-refractivity contribution in [3.63, 3.8) is 0 Å². The van der Waals surface area contributed by atoms with Gasteiger partial charge in [0.1, 0.15) is 0 Å². The van der Waals surface area contributed by atoms with Crippen molar-refractivity contribution in [3.05, 3.63) is 29.8 Å². The zero-order chi connectivity index (χ0) is 14.9. The molecule has 4 nitrogen and oxygen atoms in total. The molecule has 112 valence electrons. The molecule has 0 saturated carbocycles. The normalized spacial score (nSPS) is 16.5. The van der Waals surface area contributed by atoms with Crippen molar-refractivity contribution in [2.75, 3.05) is 25.9 Å². The lowest BCUT2D eigenvalue weighted by molar-refractivity contribution is 0.231. The van der Waals surface area contributed by atoms with Gasteiger partial charge in [-0.2, -0.15) is 5.26 Å². The Labute approximate surface area is 131 Å². The number of benzene rings is 1. The number of amidine groups is 1. The van der Waals surface area contributed by atoms with Crippen LogP contribution in [0.5, 0.6) is 0 Å². The predicted octanol–water partition coefficient (Wildman–Crippen LogP) is 3.14. The van der Waals surface area contributed by atoms with Gasteiger partial charge in [-0.1, -0.05) is 30.3 Å². The third-order valence-electron chi connectivity index (χ3n) is 3.69. The van der Waals surface area contributed by atoms with Gasteiger partial charge in [-0.05, 0) is 56.3 Å². The number of aliphatic imine (C=N–C) groups is 1. The fourth-order valence-corrected chi connectivity index (χ4v) is 2.84. The second kappa shape index (κ2) is 8.71. The molecule has 5 heteroatoms. The average molecular weight is 302 g/mol. The maximum Gasteiger partial charge on any atom is 0.183 e. The van der Waals surface area contributed by atoms with Crippen LogP contribution in [-0.2, 0) is 6.42 Å². The van der Waals surface area contributed by atoms with E-state index in [1.807, 2.05) is 24.6 Å². The molecule has 1 saturated heterocycles. The summed E-state index contributed by atoms with van der Waals surface area (Å²) in [5.74, 6) is 0. The highest BCUT2D eigenvalue weighted by atomic mass is 32.2. The first-order chi connectivity index (χ1) is 10.3. The standard InChI is InChI=1S/C16H22N4S/c1-21-16(18-13-17)19-15-7-5-14(6-8-15)9-12-20-10-3-2-4-11-20/h5-8H,2-4,9-12H2,1H3,(H,18,19). The fourth-order valence-electron chi connectivity index (χ4n) is 2.50. The SMILES string of the molecule is CSC(=Nc1ccc(CCN2CCCCC2)cc1)NC#N. The Morgan fingerprint density at radius 2 is 2.00 bits per heavy atom. The number of piperidine rings is 1.